The lowest BCUT2D eigenvalue weighted by atomic mass is 10.1. The van der Waals surface area contributed by atoms with E-state index in [0.717, 1.165) is 0 Å². The third-order valence-corrected chi connectivity index (χ3v) is 8.17. The van der Waals surface area contributed by atoms with Crippen LogP contribution < -0.4 is 10.2 Å². The molecule has 190 valence electrons. The zero-order chi connectivity index (χ0) is 27.0. The van der Waals surface area contributed by atoms with Gasteiger partial charge < -0.3 is 15.3 Å². The molecule has 1 aliphatic heterocycles. The summed E-state index contributed by atoms with van der Waals surface area (Å²) in [5.41, 5.74) is 1.27. The molecule has 0 atom stereocenters. The quantitative estimate of drug-likeness (QED) is 0.351. The molecule has 4 aromatic carbocycles. The van der Waals surface area contributed by atoms with Gasteiger partial charge in [-0.3, -0.25) is 9.59 Å². The molecule has 1 heterocycles. The summed E-state index contributed by atoms with van der Waals surface area (Å²) in [5.74, 6) is -2.20. The monoisotopic (exact) mass is 546 g/mol. The Hall–Kier alpha value is -4.47. The summed E-state index contributed by atoms with van der Waals surface area (Å²) in [6, 6.07) is 22.5. The van der Waals surface area contributed by atoms with Crippen molar-refractivity contribution in [3.63, 3.8) is 0 Å². The minimum absolute atomic E-state index is 0.0119. The van der Waals surface area contributed by atoms with Crippen molar-refractivity contribution in [1.29, 1.82) is 0 Å². The number of sulfone groups is 1. The number of carbonyl (C=O) groups excluding carboxylic acids is 2. The highest BCUT2D eigenvalue weighted by atomic mass is 35.5. The number of rotatable bonds is 5. The van der Waals surface area contributed by atoms with Crippen molar-refractivity contribution >= 4 is 50.6 Å². The predicted octanol–water partition coefficient (Wildman–Crippen LogP) is 5.28. The van der Waals surface area contributed by atoms with E-state index in [1.165, 1.54) is 59.5 Å². The maximum atomic E-state index is 13.7. The Labute approximate surface area is 223 Å². The Morgan fingerprint density at radius 1 is 0.842 bits per heavy atom. The van der Waals surface area contributed by atoms with Crippen molar-refractivity contribution < 1.29 is 27.9 Å². The number of nitrogens with zero attached hydrogens (tertiary/aromatic N) is 1. The van der Waals surface area contributed by atoms with Gasteiger partial charge in [0.15, 0.2) is 0 Å². The molecule has 8 nitrogen and oxygen atoms in total. The van der Waals surface area contributed by atoms with Gasteiger partial charge in [0.25, 0.3) is 11.8 Å². The standard InChI is InChI=1S/C28H19ClN2O6S/c29-20-5-3-4-17(14-20)16-31-23-15-19(26(32)30-21-11-8-18(9-12-21)28(34)35)10-13-25(23)38(36,37)24-7-2-1-6-22(24)27(31)33/h1-15H,16H2,(H,30,32)(H,34,35). The molecule has 10 heteroatoms. The van der Waals surface area contributed by atoms with E-state index in [1.807, 2.05) is 0 Å². The molecule has 0 unspecified atom stereocenters. The van der Waals surface area contributed by atoms with E-state index in [1.54, 1.807) is 36.4 Å². The van der Waals surface area contributed by atoms with Crippen molar-refractivity contribution in [1.82, 2.24) is 0 Å². The second-order valence-electron chi connectivity index (χ2n) is 8.54. The lowest BCUT2D eigenvalue weighted by Crippen LogP contribution is -2.30. The molecule has 0 aliphatic carbocycles. The molecule has 0 aromatic heterocycles. The molecule has 4 aromatic rings. The van der Waals surface area contributed by atoms with Crippen LogP contribution in [0.3, 0.4) is 0 Å². The highest BCUT2D eigenvalue weighted by Crippen LogP contribution is 2.38. The van der Waals surface area contributed by atoms with Gasteiger partial charge in [-0.05, 0) is 72.3 Å². The van der Waals surface area contributed by atoms with Crippen LogP contribution in [0.15, 0.2) is 101 Å². The van der Waals surface area contributed by atoms with Crippen molar-refractivity contribution in [2.75, 3.05) is 10.2 Å². The average molecular weight is 547 g/mol. The number of amides is 2. The van der Waals surface area contributed by atoms with Crippen LogP contribution in [-0.4, -0.2) is 31.3 Å². The SMILES string of the molecule is O=C(O)c1ccc(NC(=O)c2ccc3c(c2)N(Cc2cccc(Cl)c2)C(=O)c2ccccc2S3(=O)=O)cc1. The summed E-state index contributed by atoms with van der Waals surface area (Å²) in [6.07, 6.45) is 0. The molecule has 0 saturated carbocycles. The number of carboxylic acid groups (broad SMARTS) is 1. The zero-order valence-corrected chi connectivity index (χ0v) is 21.2. The van der Waals surface area contributed by atoms with E-state index in [-0.39, 0.29) is 38.7 Å². The van der Waals surface area contributed by atoms with Gasteiger partial charge in [-0.2, -0.15) is 0 Å². The number of carbonyl (C=O) groups is 3. The van der Waals surface area contributed by atoms with Gasteiger partial charge in [-0.15, -0.1) is 0 Å². The number of hydrogen-bond donors (Lipinski definition) is 2. The van der Waals surface area contributed by atoms with E-state index < -0.39 is 27.6 Å². The molecule has 5 rings (SSSR count). The fourth-order valence-corrected chi connectivity index (χ4v) is 6.07. The number of benzene rings is 4. The summed E-state index contributed by atoms with van der Waals surface area (Å²) < 4.78 is 27.2. The third kappa shape index (κ3) is 4.65. The lowest BCUT2D eigenvalue weighted by Gasteiger charge is -2.23. The number of anilines is 2. The molecule has 2 N–H and O–H groups in total. The van der Waals surface area contributed by atoms with Gasteiger partial charge in [0.2, 0.25) is 9.84 Å². The van der Waals surface area contributed by atoms with Crippen LogP contribution in [0.5, 0.6) is 0 Å². The molecule has 1 aliphatic rings. The fourth-order valence-electron chi connectivity index (χ4n) is 4.22. The molecule has 0 spiro atoms. The summed E-state index contributed by atoms with van der Waals surface area (Å²) in [7, 11) is -4.09. The number of halogens is 1. The van der Waals surface area contributed by atoms with Gasteiger partial charge in [-0.1, -0.05) is 35.9 Å². The van der Waals surface area contributed by atoms with Gasteiger partial charge in [-0.25, -0.2) is 13.2 Å². The fraction of sp³-hybridized carbons (Fsp3) is 0.0357. The Morgan fingerprint density at radius 2 is 1.55 bits per heavy atom. The first-order chi connectivity index (χ1) is 18.1. The van der Waals surface area contributed by atoms with Crippen LogP contribution in [-0.2, 0) is 16.4 Å². The minimum Gasteiger partial charge on any atom is -0.478 e. The Morgan fingerprint density at radius 3 is 2.26 bits per heavy atom. The molecule has 0 bridgehead atoms. The van der Waals surface area contributed by atoms with Gasteiger partial charge in [0, 0.05) is 16.3 Å². The minimum atomic E-state index is -4.09. The van der Waals surface area contributed by atoms with E-state index in [9.17, 15) is 22.8 Å². The second kappa shape index (κ2) is 9.77. The smallest absolute Gasteiger partial charge is 0.335 e. The average Bonchev–Trinajstić information content (AvgIpc) is 2.97. The number of aromatic carboxylic acids is 1. The lowest BCUT2D eigenvalue weighted by molar-refractivity contribution is 0.0696. The predicted molar refractivity (Wildman–Crippen MR) is 142 cm³/mol. The topological polar surface area (TPSA) is 121 Å². The van der Waals surface area contributed by atoms with Gasteiger partial charge in [0.05, 0.1) is 33.2 Å². The van der Waals surface area contributed by atoms with Crippen LogP contribution in [0.2, 0.25) is 5.02 Å². The summed E-state index contributed by atoms with van der Waals surface area (Å²) in [6.45, 7) is 0.0119. The van der Waals surface area contributed by atoms with E-state index in [4.69, 9.17) is 16.7 Å². The van der Waals surface area contributed by atoms with Crippen molar-refractivity contribution in [3.05, 3.63) is 118 Å². The van der Waals surface area contributed by atoms with Gasteiger partial charge >= 0.3 is 5.97 Å². The normalized spacial score (nSPS) is 13.7. The Kier molecular flexibility index (Phi) is 6.48. The number of hydrogen-bond acceptors (Lipinski definition) is 5. The van der Waals surface area contributed by atoms with E-state index >= 15 is 0 Å². The Bertz CT molecular complexity index is 1720. The second-order valence-corrected chi connectivity index (χ2v) is 10.9. The first kappa shape index (κ1) is 25.2. The molecule has 0 radical (unpaired) electrons. The van der Waals surface area contributed by atoms with E-state index in [0.29, 0.717) is 16.3 Å². The maximum Gasteiger partial charge on any atom is 0.335 e. The largest absolute Gasteiger partial charge is 0.478 e. The first-order valence-electron chi connectivity index (χ1n) is 11.3. The van der Waals surface area contributed by atoms with Crippen molar-refractivity contribution in [3.8, 4) is 0 Å². The maximum absolute atomic E-state index is 13.7. The number of carboxylic acids is 1. The number of fused-ring (bicyclic) bond motifs is 2. The van der Waals surface area contributed by atoms with Crippen LogP contribution in [0.1, 0.15) is 36.6 Å². The molecule has 2 amide bonds. The summed E-state index contributed by atoms with van der Waals surface area (Å²) in [4.78, 5) is 39.0. The van der Waals surface area contributed by atoms with Crippen LogP contribution in [0, 0.1) is 0 Å². The van der Waals surface area contributed by atoms with E-state index in [2.05, 4.69) is 5.32 Å². The number of nitrogens with one attached hydrogen (secondary N) is 1. The summed E-state index contributed by atoms with van der Waals surface area (Å²) >= 11 is 6.14. The molecule has 0 saturated heterocycles. The zero-order valence-electron chi connectivity index (χ0n) is 19.6. The molecule has 0 fully saturated rings. The summed E-state index contributed by atoms with van der Waals surface area (Å²) in [5, 5.41) is 12.2. The Balaban J connectivity index is 1.60. The van der Waals surface area contributed by atoms with Crippen LogP contribution >= 0.6 is 11.6 Å². The molecular formula is C28H19ClN2O6S. The van der Waals surface area contributed by atoms with Crippen LogP contribution in [0.25, 0.3) is 0 Å². The third-order valence-electron chi connectivity index (χ3n) is 6.07. The van der Waals surface area contributed by atoms with Crippen LogP contribution in [0.4, 0.5) is 11.4 Å². The highest BCUT2D eigenvalue weighted by Gasteiger charge is 2.36. The molecule has 38 heavy (non-hydrogen) atoms. The van der Waals surface area contributed by atoms with Crippen molar-refractivity contribution in [2.45, 2.75) is 16.3 Å². The molecular weight excluding hydrogens is 528 g/mol. The van der Waals surface area contributed by atoms with Crippen molar-refractivity contribution in [2.24, 2.45) is 0 Å². The van der Waals surface area contributed by atoms with Gasteiger partial charge in [0.1, 0.15) is 0 Å². The first-order valence-corrected chi connectivity index (χ1v) is 13.2. The highest BCUT2D eigenvalue weighted by molar-refractivity contribution is 7.91.